The summed E-state index contributed by atoms with van der Waals surface area (Å²) in [5, 5.41) is 0. The molecule has 1 aromatic rings. The molecule has 0 aromatic carbocycles. The molecule has 0 spiro atoms. The number of carbonyl (C=O) groups is 1. The van der Waals surface area contributed by atoms with E-state index in [0.717, 1.165) is 12.2 Å². The van der Waals surface area contributed by atoms with Crippen molar-refractivity contribution in [1.82, 2.24) is 0 Å². The van der Waals surface area contributed by atoms with Crippen LogP contribution in [-0.4, -0.2) is 5.78 Å². The minimum Gasteiger partial charge on any atom is -0.458 e. The van der Waals surface area contributed by atoms with Crippen LogP contribution in [0, 0.1) is 16.7 Å². The number of carbonyl (C=O) groups excluding carboxylic acids is 1. The third kappa shape index (κ3) is 1.35. The molecule has 2 nitrogen and oxygen atoms in total. The van der Waals surface area contributed by atoms with E-state index in [1.54, 1.807) is 0 Å². The van der Waals surface area contributed by atoms with E-state index in [2.05, 4.69) is 27.7 Å². The van der Waals surface area contributed by atoms with E-state index < -0.39 is 0 Å². The fourth-order valence-electron chi connectivity index (χ4n) is 2.69. The summed E-state index contributed by atoms with van der Waals surface area (Å²) in [5.74, 6) is 1.67. The maximum atomic E-state index is 12.3. The number of hydrogen-bond acceptors (Lipinski definition) is 2. The normalized spacial score (nSPS) is 22.1. The van der Waals surface area contributed by atoms with Gasteiger partial charge in [0.25, 0.3) is 0 Å². The zero-order chi connectivity index (χ0) is 12.1. The summed E-state index contributed by atoms with van der Waals surface area (Å²) < 4.78 is 5.53. The maximum absolute atomic E-state index is 12.3. The molecular formula is C14H20O2. The van der Waals surface area contributed by atoms with E-state index in [1.807, 2.05) is 19.1 Å². The van der Waals surface area contributed by atoms with Gasteiger partial charge in [0, 0.05) is 12.3 Å². The van der Waals surface area contributed by atoms with Crippen LogP contribution in [0.15, 0.2) is 16.5 Å². The summed E-state index contributed by atoms with van der Waals surface area (Å²) in [6, 6.07) is 3.71. The predicted molar refractivity (Wildman–Crippen MR) is 63.5 cm³/mol. The van der Waals surface area contributed by atoms with Crippen LogP contribution in [0.5, 0.6) is 0 Å². The molecule has 1 fully saturated rings. The second-order valence-electron chi connectivity index (χ2n) is 5.86. The molecule has 1 aromatic heterocycles. The molecule has 1 heterocycles. The van der Waals surface area contributed by atoms with Crippen LogP contribution in [0.2, 0.25) is 0 Å². The highest BCUT2D eigenvalue weighted by Crippen LogP contribution is 2.69. The highest BCUT2D eigenvalue weighted by atomic mass is 16.3. The number of ketones is 1. The first-order valence-electron chi connectivity index (χ1n) is 5.95. The molecule has 1 aliphatic rings. The van der Waals surface area contributed by atoms with Gasteiger partial charge in [0.05, 0.1) is 0 Å². The highest BCUT2D eigenvalue weighted by molar-refractivity contribution is 5.98. The van der Waals surface area contributed by atoms with Crippen LogP contribution in [0.1, 0.15) is 50.9 Å². The second-order valence-corrected chi connectivity index (χ2v) is 5.86. The monoisotopic (exact) mass is 220 g/mol. The van der Waals surface area contributed by atoms with E-state index in [1.165, 1.54) is 0 Å². The van der Waals surface area contributed by atoms with Gasteiger partial charge in [0.15, 0.2) is 5.76 Å². The van der Waals surface area contributed by atoms with Crippen molar-refractivity contribution in [3.63, 3.8) is 0 Å². The third-order valence-electron chi connectivity index (χ3n) is 4.54. The maximum Gasteiger partial charge on any atom is 0.202 e. The van der Waals surface area contributed by atoms with Crippen molar-refractivity contribution in [2.24, 2.45) is 16.7 Å². The smallest absolute Gasteiger partial charge is 0.202 e. The number of rotatable bonds is 3. The molecular weight excluding hydrogens is 200 g/mol. The fourth-order valence-corrected chi connectivity index (χ4v) is 2.69. The van der Waals surface area contributed by atoms with E-state index in [4.69, 9.17) is 4.42 Å². The molecule has 0 amide bonds. The lowest BCUT2D eigenvalue weighted by atomic mass is 10.0. The lowest BCUT2D eigenvalue weighted by Crippen LogP contribution is -2.06. The highest BCUT2D eigenvalue weighted by Gasteiger charge is 2.68. The van der Waals surface area contributed by atoms with E-state index in [9.17, 15) is 4.79 Å². The van der Waals surface area contributed by atoms with Crippen molar-refractivity contribution in [3.05, 3.63) is 23.7 Å². The first kappa shape index (κ1) is 11.4. The minimum atomic E-state index is 0.0866. The number of hydrogen-bond donors (Lipinski definition) is 0. The first-order valence-corrected chi connectivity index (χ1v) is 5.95. The Bertz CT molecular complexity index is 410. The van der Waals surface area contributed by atoms with E-state index >= 15 is 0 Å². The number of Topliss-reactive ketones (excluding diaryl/α,β-unsaturated/α-hetero) is 1. The van der Waals surface area contributed by atoms with Gasteiger partial charge in [-0.2, -0.15) is 0 Å². The molecule has 0 N–H and O–H groups in total. The van der Waals surface area contributed by atoms with Gasteiger partial charge in [-0.15, -0.1) is 0 Å². The average molecular weight is 220 g/mol. The predicted octanol–water partition coefficient (Wildman–Crippen LogP) is 3.71. The van der Waals surface area contributed by atoms with Crippen LogP contribution >= 0.6 is 0 Å². The lowest BCUT2D eigenvalue weighted by molar-refractivity contribution is 0.0915. The van der Waals surface area contributed by atoms with Crippen molar-refractivity contribution in [2.75, 3.05) is 0 Å². The Kier molecular flexibility index (Phi) is 2.30. The lowest BCUT2D eigenvalue weighted by Gasteiger charge is -2.03. The molecule has 16 heavy (non-hydrogen) atoms. The van der Waals surface area contributed by atoms with Crippen LogP contribution in [0.4, 0.5) is 0 Å². The van der Waals surface area contributed by atoms with Crippen molar-refractivity contribution in [1.29, 1.82) is 0 Å². The Morgan fingerprint density at radius 1 is 1.25 bits per heavy atom. The minimum absolute atomic E-state index is 0.0866. The van der Waals surface area contributed by atoms with Crippen LogP contribution in [0.3, 0.4) is 0 Å². The Hall–Kier alpha value is -1.05. The van der Waals surface area contributed by atoms with Crippen molar-refractivity contribution < 1.29 is 9.21 Å². The average Bonchev–Trinajstić information content (AvgIpc) is 2.59. The van der Waals surface area contributed by atoms with Gasteiger partial charge in [-0.05, 0) is 23.0 Å². The summed E-state index contributed by atoms with van der Waals surface area (Å²) in [5.41, 5.74) is 0.173. The molecule has 0 radical (unpaired) electrons. The summed E-state index contributed by atoms with van der Waals surface area (Å²) >= 11 is 0. The van der Waals surface area contributed by atoms with E-state index in [0.29, 0.717) is 5.76 Å². The van der Waals surface area contributed by atoms with Crippen LogP contribution < -0.4 is 0 Å². The zero-order valence-corrected chi connectivity index (χ0v) is 10.8. The quantitative estimate of drug-likeness (QED) is 0.727. The van der Waals surface area contributed by atoms with Crippen LogP contribution in [-0.2, 0) is 6.42 Å². The molecule has 1 aliphatic carbocycles. The largest absolute Gasteiger partial charge is 0.458 e. The molecule has 0 atom stereocenters. The van der Waals surface area contributed by atoms with Gasteiger partial charge < -0.3 is 4.42 Å². The standard InChI is InChI=1S/C14H20O2/c1-6-9-7-8-10(16-9)11(15)12-13(2,3)14(12,4)5/h7-8,12H,6H2,1-5H3. The summed E-state index contributed by atoms with van der Waals surface area (Å²) in [7, 11) is 0. The van der Waals surface area contributed by atoms with Crippen molar-refractivity contribution in [3.8, 4) is 0 Å². The second kappa shape index (κ2) is 3.22. The Balaban J connectivity index is 2.22. The van der Waals surface area contributed by atoms with Gasteiger partial charge in [-0.3, -0.25) is 4.79 Å². The SMILES string of the molecule is CCc1ccc(C(=O)C2C(C)(C)C2(C)C)o1. The summed E-state index contributed by atoms with van der Waals surface area (Å²) in [6.45, 7) is 10.6. The molecule has 0 saturated heterocycles. The van der Waals surface area contributed by atoms with Crippen molar-refractivity contribution in [2.45, 2.75) is 41.0 Å². The molecule has 88 valence electrons. The molecule has 0 unspecified atom stereocenters. The summed E-state index contributed by atoms with van der Waals surface area (Å²) in [6.07, 6.45) is 0.838. The summed E-state index contributed by atoms with van der Waals surface area (Å²) in [4.78, 5) is 12.3. The molecule has 1 saturated carbocycles. The zero-order valence-electron chi connectivity index (χ0n) is 10.8. The Morgan fingerprint density at radius 2 is 1.81 bits per heavy atom. The number of furan rings is 1. The van der Waals surface area contributed by atoms with Gasteiger partial charge in [-0.1, -0.05) is 34.6 Å². The van der Waals surface area contributed by atoms with E-state index in [-0.39, 0.29) is 22.5 Å². The molecule has 0 aliphatic heterocycles. The number of aryl methyl sites for hydroxylation is 1. The Morgan fingerprint density at radius 3 is 2.19 bits per heavy atom. The molecule has 2 rings (SSSR count). The van der Waals surface area contributed by atoms with Gasteiger partial charge in [0.1, 0.15) is 5.76 Å². The van der Waals surface area contributed by atoms with Crippen molar-refractivity contribution >= 4 is 5.78 Å². The Labute approximate surface area is 97.0 Å². The topological polar surface area (TPSA) is 30.2 Å². The van der Waals surface area contributed by atoms with Gasteiger partial charge >= 0.3 is 0 Å². The van der Waals surface area contributed by atoms with Crippen LogP contribution in [0.25, 0.3) is 0 Å². The van der Waals surface area contributed by atoms with Gasteiger partial charge in [-0.25, -0.2) is 0 Å². The first-order chi connectivity index (χ1) is 7.32. The van der Waals surface area contributed by atoms with Gasteiger partial charge in [0.2, 0.25) is 5.78 Å². The third-order valence-corrected chi connectivity index (χ3v) is 4.54. The molecule has 2 heteroatoms. The fraction of sp³-hybridized carbons (Fsp3) is 0.643. The molecule has 0 bridgehead atoms.